The highest BCUT2D eigenvalue weighted by Gasteiger charge is 2.14. The van der Waals surface area contributed by atoms with Crippen LogP contribution in [0.15, 0.2) is 28.7 Å². The molecule has 1 unspecified atom stereocenters. The van der Waals surface area contributed by atoms with E-state index in [0.717, 1.165) is 4.47 Å². The molecule has 1 atom stereocenters. The van der Waals surface area contributed by atoms with Gasteiger partial charge >= 0.3 is 6.16 Å². The maximum atomic E-state index is 10.5. The van der Waals surface area contributed by atoms with Gasteiger partial charge in [0.25, 0.3) is 0 Å². The molecular formula is C9H7BrO4. The Kier molecular flexibility index (Phi) is 3.64. The molecule has 1 aromatic rings. The van der Waals surface area contributed by atoms with Crippen molar-refractivity contribution in [1.29, 1.82) is 0 Å². The Morgan fingerprint density at radius 3 is 2.43 bits per heavy atom. The number of rotatable bonds is 3. The van der Waals surface area contributed by atoms with Gasteiger partial charge in [-0.3, -0.25) is 4.79 Å². The summed E-state index contributed by atoms with van der Waals surface area (Å²) in [5, 5.41) is 8.34. The smallest absolute Gasteiger partial charge is 0.450 e. The molecule has 0 saturated carbocycles. The van der Waals surface area contributed by atoms with Gasteiger partial charge in [0.15, 0.2) is 12.4 Å². The van der Waals surface area contributed by atoms with E-state index in [-0.39, 0.29) is 0 Å². The van der Waals surface area contributed by atoms with E-state index >= 15 is 0 Å². The first-order valence-electron chi connectivity index (χ1n) is 3.74. The summed E-state index contributed by atoms with van der Waals surface area (Å²) in [7, 11) is 0. The van der Waals surface area contributed by atoms with Crippen molar-refractivity contribution in [2.45, 2.75) is 6.10 Å². The third kappa shape index (κ3) is 2.85. The minimum atomic E-state index is -1.47. The van der Waals surface area contributed by atoms with Crippen molar-refractivity contribution in [3.8, 4) is 0 Å². The van der Waals surface area contributed by atoms with Crippen LogP contribution in [0.4, 0.5) is 4.79 Å². The molecule has 74 valence electrons. The van der Waals surface area contributed by atoms with Gasteiger partial charge in [0.1, 0.15) is 0 Å². The second-order valence-corrected chi connectivity index (χ2v) is 3.41. The number of carboxylic acid groups (broad SMARTS) is 1. The Labute approximate surface area is 88.6 Å². The van der Waals surface area contributed by atoms with E-state index in [1.807, 2.05) is 0 Å². The van der Waals surface area contributed by atoms with E-state index in [4.69, 9.17) is 5.11 Å². The number of carbonyl (C=O) groups is 2. The molecule has 0 bridgehead atoms. The lowest BCUT2D eigenvalue weighted by Crippen LogP contribution is -2.10. The summed E-state index contributed by atoms with van der Waals surface area (Å²) in [6, 6.07) is 6.65. The van der Waals surface area contributed by atoms with Crippen molar-refractivity contribution in [2.75, 3.05) is 0 Å². The summed E-state index contributed by atoms with van der Waals surface area (Å²) < 4.78 is 5.21. The summed E-state index contributed by atoms with van der Waals surface area (Å²) in [5.41, 5.74) is 0.505. The van der Waals surface area contributed by atoms with E-state index < -0.39 is 12.3 Å². The number of aldehydes is 1. The van der Waals surface area contributed by atoms with Crippen molar-refractivity contribution in [1.82, 2.24) is 0 Å². The molecule has 0 aliphatic carbocycles. The molecular weight excluding hydrogens is 252 g/mol. The lowest BCUT2D eigenvalue weighted by Gasteiger charge is -2.08. The van der Waals surface area contributed by atoms with Crippen LogP contribution >= 0.6 is 15.9 Å². The average molecular weight is 259 g/mol. The standard InChI is InChI=1S/C9H7BrO4/c10-7-3-1-6(2-4-7)8(5-11)14-9(12)13/h1-5,8H,(H,12,13). The Morgan fingerprint density at radius 1 is 1.43 bits per heavy atom. The Hall–Kier alpha value is -1.36. The monoisotopic (exact) mass is 258 g/mol. The first-order valence-corrected chi connectivity index (χ1v) is 4.53. The van der Waals surface area contributed by atoms with Gasteiger partial charge in [-0.1, -0.05) is 28.1 Å². The number of hydrogen-bond donors (Lipinski definition) is 1. The Balaban J connectivity index is 2.84. The first kappa shape index (κ1) is 10.7. The van der Waals surface area contributed by atoms with Crippen LogP contribution in [0.1, 0.15) is 11.7 Å². The van der Waals surface area contributed by atoms with Crippen LogP contribution in [0.25, 0.3) is 0 Å². The molecule has 0 fully saturated rings. The van der Waals surface area contributed by atoms with Crippen molar-refractivity contribution >= 4 is 28.4 Å². The fourth-order valence-electron chi connectivity index (χ4n) is 0.935. The van der Waals surface area contributed by atoms with Crippen LogP contribution in [0.3, 0.4) is 0 Å². The second-order valence-electron chi connectivity index (χ2n) is 2.49. The fraction of sp³-hybridized carbons (Fsp3) is 0.111. The van der Waals surface area contributed by atoms with Crippen molar-refractivity contribution in [2.24, 2.45) is 0 Å². The maximum absolute atomic E-state index is 10.5. The number of halogens is 1. The minimum Gasteiger partial charge on any atom is -0.450 e. The van der Waals surface area contributed by atoms with Crippen LogP contribution in [0.5, 0.6) is 0 Å². The van der Waals surface area contributed by atoms with Gasteiger partial charge in [-0.2, -0.15) is 0 Å². The fourth-order valence-corrected chi connectivity index (χ4v) is 1.20. The average Bonchev–Trinajstić information content (AvgIpc) is 2.15. The van der Waals surface area contributed by atoms with Gasteiger partial charge in [-0.25, -0.2) is 4.79 Å². The normalized spacial score (nSPS) is 11.8. The van der Waals surface area contributed by atoms with Crippen LogP contribution in [-0.4, -0.2) is 17.5 Å². The van der Waals surface area contributed by atoms with Gasteiger partial charge in [-0.15, -0.1) is 0 Å². The SMILES string of the molecule is O=CC(OC(=O)O)c1ccc(Br)cc1. The maximum Gasteiger partial charge on any atom is 0.506 e. The molecule has 0 aliphatic heterocycles. The van der Waals surface area contributed by atoms with Gasteiger partial charge < -0.3 is 9.84 Å². The third-order valence-corrected chi connectivity index (χ3v) is 2.08. The Morgan fingerprint density at radius 2 is 2.00 bits per heavy atom. The van der Waals surface area contributed by atoms with Gasteiger partial charge in [-0.05, 0) is 17.7 Å². The summed E-state index contributed by atoms with van der Waals surface area (Å²) in [6.45, 7) is 0. The first-order chi connectivity index (χ1) is 6.63. The summed E-state index contributed by atoms with van der Waals surface area (Å²) >= 11 is 3.22. The number of hydrogen-bond acceptors (Lipinski definition) is 3. The van der Waals surface area contributed by atoms with Crippen LogP contribution < -0.4 is 0 Å². The zero-order valence-electron chi connectivity index (χ0n) is 7.01. The third-order valence-electron chi connectivity index (χ3n) is 1.55. The van der Waals surface area contributed by atoms with Crippen LogP contribution in [0.2, 0.25) is 0 Å². The van der Waals surface area contributed by atoms with Crippen molar-refractivity contribution in [3.63, 3.8) is 0 Å². The zero-order valence-corrected chi connectivity index (χ0v) is 8.60. The molecule has 1 N–H and O–H groups in total. The lowest BCUT2D eigenvalue weighted by atomic mass is 10.1. The van der Waals surface area contributed by atoms with Gasteiger partial charge in [0.05, 0.1) is 0 Å². The lowest BCUT2D eigenvalue weighted by molar-refractivity contribution is -0.116. The molecule has 0 aromatic heterocycles. The molecule has 0 aliphatic rings. The van der Waals surface area contributed by atoms with E-state index in [9.17, 15) is 9.59 Å². The van der Waals surface area contributed by atoms with Crippen LogP contribution in [-0.2, 0) is 9.53 Å². The summed E-state index contributed by atoms with van der Waals surface area (Å²) in [6.07, 6.45) is -2.08. The molecule has 4 nitrogen and oxygen atoms in total. The number of carbonyl (C=O) groups excluding carboxylic acids is 1. The Bertz CT molecular complexity index is 333. The topological polar surface area (TPSA) is 63.6 Å². The predicted molar refractivity (Wildman–Crippen MR) is 52.1 cm³/mol. The van der Waals surface area contributed by atoms with Crippen LogP contribution in [0, 0.1) is 0 Å². The molecule has 0 spiro atoms. The molecule has 0 saturated heterocycles. The number of benzene rings is 1. The molecule has 1 rings (SSSR count). The molecule has 0 radical (unpaired) electrons. The predicted octanol–water partition coefficient (Wildman–Crippen LogP) is 2.38. The molecule has 5 heteroatoms. The van der Waals surface area contributed by atoms with E-state index in [1.165, 1.54) is 0 Å². The summed E-state index contributed by atoms with van der Waals surface area (Å²) in [4.78, 5) is 20.7. The highest BCUT2D eigenvalue weighted by atomic mass is 79.9. The van der Waals surface area contributed by atoms with E-state index in [0.29, 0.717) is 11.8 Å². The molecule has 14 heavy (non-hydrogen) atoms. The molecule has 0 amide bonds. The quantitative estimate of drug-likeness (QED) is 0.668. The summed E-state index contributed by atoms with van der Waals surface area (Å²) in [5.74, 6) is 0. The van der Waals surface area contributed by atoms with E-state index in [2.05, 4.69) is 20.7 Å². The van der Waals surface area contributed by atoms with Crippen molar-refractivity contribution in [3.05, 3.63) is 34.3 Å². The van der Waals surface area contributed by atoms with E-state index in [1.54, 1.807) is 24.3 Å². The van der Waals surface area contributed by atoms with Gasteiger partial charge in [0.2, 0.25) is 0 Å². The number of ether oxygens (including phenoxy) is 1. The molecule has 1 aromatic carbocycles. The van der Waals surface area contributed by atoms with Crippen molar-refractivity contribution < 1.29 is 19.4 Å². The highest BCUT2D eigenvalue weighted by Crippen LogP contribution is 2.18. The molecule has 0 heterocycles. The highest BCUT2D eigenvalue weighted by molar-refractivity contribution is 9.10. The minimum absolute atomic E-state index is 0.442. The van der Waals surface area contributed by atoms with Gasteiger partial charge in [0, 0.05) is 4.47 Å². The second kappa shape index (κ2) is 4.76. The zero-order chi connectivity index (χ0) is 10.6. The largest absolute Gasteiger partial charge is 0.506 e.